The number of hydrogen-bond acceptors (Lipinski definition) is 3. The van der Waals surface area contributed by atoms with E-state index in [4.69, 9.17) is 16.3 Å². The maximum Gasteiger partial charge on any atom is 0.261 e. The number of carbonyl (C=O) groups is 2. The molecule has 1 atom stereocenters. The number of amides is 2. The second-order valence-corrected chi connectivity index (χ2v) is 7.34. The van der Waals surface area contributed by atoms with E-state index in [0.717, 1.165) is 18.4 Å². The van der Waals surface area contributed by atoms with E-state index in [2.05, 4.69) is 5.32 Å². The highest BCUT2D eigenvalue weighted by Gasteiger charge is 2.28. The molecule has 0 saturated heterocycles. The summed E-state index contributed by atoms with van der Waals surface area (Å²) in [5.74, 6) is -0.520. The Balaban J connectivity index is 2.17. The zero-order valence-electron chi connectivity index (χ0n) is 17.4. The zero-order valence-corrected chi connectivity index (χ0v) is 18.1. The van der Waals surface area contributed by atoms with Gasteiger partial charge < -0.3 is 15.0 Å². The van der Waals surface area contributed by atoms with Gasteiger partial charge >= 0.3 is 0 Å². The van der Waals surface area contributed by atoms with Gasteiger partial charge in [0.15, 0.2) is 6.61 Å². The van der Waals surface area contributed by atoms with Crippen molar-refractivity contribution in [2.45, 2.75) is 45.7 Å². The lowest BCUT2D eigenvalue weighted by Crippen LogP contribution is -2.50. The van der Waals surface area contributed by atoms with E-state index in [-0.39, 0.29) is 30.8 Å². The van der Waals surface area contributed by atoms with Crippen molar-refractivity contribution in [2.24, 2.45) is 0 Å². The summed E-state index contributed by atoms with van der Waals surface area (Å²) >= 11 is 6.09. The molecule has 0 radical (unpaired) electrons. The maximum atomic E-state index is 13.3. The van der Waals surface area contributed by atoms with Crippen molar-refractivity contribution in [1.29, 1.82) is 0 Å². The molecule has 0 aliphatic rings. The fraction of sp³-hybridized carbons (Fsp3) is 0.391. The number of ether oxygens (including phenoxy) is 1. The molecule has 0 aliphatic carbocycles. The molecule has 0 heterocycles. The molecular formula is C23H28ClFN2O3. The van der Waals surface area contributed by atoms with E-state index < -0.39 is 6.04 Å². The zero-order chi connectivity index (χ0) is 21.9. The van der Waals surface area contributed by atoms with Crippen molar-refractivity contribution >= 4 is 23.4 Å². The van der Waals surface area contributed by atoms with Crippen LogP contribution in [0.1, 0.15) is 38.7 Å². The third kappa shape index (κ3) is 7.02. The SMILES string of the molecule is CCCCNC(=O)C(CC)N(Cc1ccc(F)cc1)C(=O)COc1ccccc1Cl. The first-order valence-corrected chi connectivity index (χ1v) is 10.5. The van der Waals surface area contributed by atoms with Gasteiger partial charge in [-0.3, -0.25) is 9.59 Å². The lowest BCUT2D eigenvalue weighted by molar-refractivity contribution is -0.143. The molecule has 1 N–H and O–H groups in total. The van der Waals surface area contributed by atoms with Crippen LogP contribution >= 0.6 is 11.6 Å². The first-order chi connectivity index (χ1) is 14.5. The fourth-order valence-corrected chi connectivity index (χ4v) is 3.19. The van der Waals surface area contributed by atoms with Crippen LogP contribution in [0.15, 0.2) is 48.5 Å². The highest BCUT2D eigenvalue weighted by atomic mass is 35.5. The molecule has 162 valence electrons. The van der Waals surface area contributed by atoms with E-state index >= 15 is 0 Å². The summed E-state index contributed by atoms with van der Waals surface area (Å²) in [4.78, 5) is 27.3. The average Bonchev–Trinajstić information content (AvgIpc) is 2.74. The van der Waals surface area contributed by atoms with Gasteiger partial charge in [-0.2, -0.15) is 0 Å². The molecule has 1 unspecified atom stereocenters. The number of carbonyl (C=O) groups excluding carboxylic acids is 2. The Hall–Kier alpha value is -2.60. The minimum atomic E-state index is -0.658. The minimum Gasteiger partial charge on any atom is -0.482 e. The molecular weight excluding hydrogens is 407 g/mol. The Morgan fingerprint density at radius 1 is 1.13 bits per heavy atom. The van der Waals surface area contributed by atoms with Gasteiger partial charge in [0.05, 0.1) is 5.02 Å². The number of rotatable bonds is 11. The highest BCUT2D eigenvalue weighted by Crippen LogP contribution is 2.23. The number of nitrogens with one attached hydrogen (secondary N) is 1. The highest BCUT2D eigenvalue weighted by molar-refractivity contribution is 6.32. The summed E-state index contributed by atoms with van der Waals surface area (Å²) in [5, 5.41) is 3.30. The predicted octanol–water partition coefficient (Wildman–Crippen LogP) is 4.58. The van der Waals surface area contributed by atoms with Crippen molar-refractivity contribution in [3.05, 3.63) is 64.9 Å². The molecule has 0 saturated carbocycles. The topological polar surface area (TPSA) is 58.6 Å². The van der Waals surface area contributed by atoms with Crippen LogP contribution in [0.4, 0.5) is 4.39 Å². The third-order valence-corrected chi connectivity index (χ3v) is 4.98. The minimum absolute atomic E-state index is 0.171. The lowest BCUT2D eigenvalue weighted by atomic mass is 10.1. The van der Waals surface area contributed by atoms with Gasteiger partial charge in [0.1, 0.15) is 17.6 Å². The van der Waals surface area contributed by atoms with Crippen LogP contribution in [0.3, 0.4) is 0 Å². The van der Waals surface area contributed by atoms with Crippen LogP contribution in [-0.4, -0.2) is 35.9 Å². The summed E-state index contributed by atoms with van der Waals surface area (Å²) in [6.07, 6.45) is 2.27. The summed E-state index contributed by atoms with van der Waals surface area (Å²) in [7, 11) is 0. The van der Waals surface area contributed by atoms with Gasteiger partial charge in [-0.15, -0.1) is 0 Å². The Morgan fingerprint density at radius 2 is 1.83 bits per heavy atom. The Labute approximate surface area is 182 Å². The number of para-hydroxylation sites is 1. The number of nitrogens with zero attached hydrogens (tertiary/aromatic N) is 1. The largest absolute Gasteiger partial charge is 0.482 e. The van der Waals surface area contributed by atoms with Crippen molar-refractivity contribution in [3.8, 4) is 5.75 Å². The lowest BCUT2D eigenvalue weighted by Gasteiger charge is -2.30. The van der Waals surface area contributed by atoms with Crippen LogP contribution in [0, 0.1) is 5.82 Å². The summed E-state index contributed by atoms with van der Waals surface area (Å²) in [5.41, 5.74) is 0.724. The van der Waals surface area contributed by atoms with Crippen LogP contribution in [-0.2, 0) is 16.1 Å². The van der Waals surface area contributed by atoms with Gasteiger partial charge in [-0.1, -0.05) is 56.1 Å². The molecule has 0 aromatic heterocycles. The van der Waals surface area contributed by atoms with Gasteiger partial charge in [0.2, 0.25) is 5.91 Å². The van der Waals surface area contributed by atoms with E-state index in [0.29, 0.717) is 23.7 Å². The van der Waals surface area contributed by atoms with Crippen LogP contribution in [0.2, 0.25) is 5.02 Å². The molecule has 0 aliphatic heterocycles. The molecule has 0 spiro atoms. The van der Waals surface area contributed by atoms with Gasteiger partial charge in [-0.05, 0) is 42.7 Å². The molecule has 2 rings (SSSR count). The Morgan fingerprint density at radius 3 is 2.47 bits per heavy atom. The van der Waals surface area contributed by atoms with E-state index in [1.807, 2.05) is 13.8 Å². The maximum absolute atomic E-state index is 13.3. The van der Waals surface area contributed by atoms with Gasteiger partial charge in [0.25, 0.3) is 5.91 Å². The second kappa shape index (κ2) is 12.2. The monoisotopic (exact) mass is 434 g/mol. The molecule has 5 nitrogen and oxygen atoms in total. The summed E-state index contributed by atoms with van der Waals surface area (Å²) in [6.45, 7) is 4.36. The standard InChI is InChI=1S/C23H28ClFN2O3/c1-3-5-14-26-23(29)20(4-2)27(15-17-10-12-18(25)13-11-17)22(28)16-30-21-9-7-6-8-19(21)24/h6-13,20H,3-5,14-16H2,1-2H3,(H,26,29). The van der Waals surface area contributed by atoms with Crippen LogP contribution < -0.4 is 10.1 Å². The molecule has 0 bridgehead atoms. The number of halogens is 2. The first-order valence-electron chi connectivity index (χ1n) is 10.1. The second-order valence-electron chi connectivity index (χ2n) is 6.94. The molecule has 2 amide bonds. The first kappa shape index (κ1) is 23.7. The average molecular weight is 435 g/mol. The van der Waals surface area contributed by atoms with E-state index in [9.17, 15) is 14.0 Å². The molecule has 2 aromatic rings. The number of hydrogen-bond donors (Lipinski definition) is 1. The third-order valence-electron chi connectivity index (χ3n) is 4.67. The van der Waals surface area contributed by atoms with Gasteiger partial charge in [-0.25, -0.2) is 4.39 Å². The van der Waals surface area contributed by atoms with Gasteiger partial charge in [0, 0.05) is 13.1 Å². The van der Waals surface area contributed by atoms with Crippen molar-refractivity contribution < 1.29 is 18.7 Å². The van der Waals surface area contributed by atoms with Crippen molar-refractivity contribution in [3.63, 3.8) is 0 Å². The summed E-state index contributed by atoms with van der Waals surface area (Å²) in [6, 6.07) is 12.1. The fourth-order valence-electron chi connectivity index (χ4n) is 3.00. The smallest absolute Gasteiger partial charge is 0.261 e. The molecule has 0 fully saturated rings. The summed E-state index contributed by atoms with van der Waals surface area (Å²) < 4.78 is 18.9. The van der Waals surface area contributed by atoms with Crippen LogP contribution in [0.5, 0.6) is 5.75 Å². The Bertz CT molecular complexity index is 829. The van der Waals surface area contributed by atoms with Crippen LogP contribution in [0.25, 0.3) is 0 Å². The Kier molecular flexibility index (Phi) is 9.61. The number of benzene rings is 2. The molecule has 2 aromatic carbocycles. The normalized spacial score (nSPS) is 11.6. The van der Waals surface area contributed by atoms with E-state index in [1.54, 1.807) is 36.4 Å². The predicted molar refractivity (Wildman–Crippen MR) is 116 cm³/mol. The number of unbranched alkanes of at least 4 members (excludes halogenated alkanes) is 1. The molecule has 30 heavy (non-hydrogen) atoms. The molecule has 7 heteroatoms. The van der Waals surface area contributed by atoms with Crippen molar-refractivity contribution in [2.75, 3.05) is 13.2 Å². The van der Waals surface area contributed by atoms with Crippen molar-refractivity contribution in [1.82, 2.24) is 10.2 Å². The quantitative estimate of drug-likeness (QED) is 0.526. The van der Waals surface area contributed by atoms with E-state index in [1.165, 1.54) is 17.0 Å².